The molecule has 0 saturated heterocycles. The van der Waals surface area contributed by atoms with Crippen LogP contribution >= 0.6 is 0 Å². The summed E-state index contributed by atoms with van der Waals surface area (Å²) in [6, 6.07) is 8.36. The molecule has 5 nitrogen and oxygen atoms in total. The largest absolute Gasteiger partial charge is 0.356 e. The van der Waals surface area contributed by atoms with Gasteiger partial charge in [-0.1, -0.05) is 38.1 Å². The maximum absolute atomic E-state index is 12.4. The lowest BCUT2D eigenvalue weighted by Crippen LogP contribution is -2.46. The Kier molecular flexibility index (Phi) is 7.09. The van der Waals surface area contributed by atoms with Crippen molar-refractivity contribution in [2.45, 2.75) is 39.7 Å². The minimum atomic E-state index is 0.120. The van der Waals surface area contributed by atoms with Crippen molar-refractivity contribution in [3.05, 3.63) is 35.4 Å². The van der Waals surface area contributed by atoms with E-state index in [2.05, 4.69) is 47.7 Å². The molecule has 2 rings (SSSR count). The molecule has 0 saturated carbocycles. The molecule has 0 fully saturated rings. The lowest BCUT2D eigenvalue weighted by molar-refractivity contribution is -0.130. The van der Waals surface area contributed by atoms with Crippen molar-refractivity contribution < 1.29 is 4.79 Å². The first-order valence-electron chi connectivity index (χ1n) is 8.89. The Labute approximate surface area is 145 Å². The second-order valence-electron chi connectivity index (χ2n) is 6.72. The fourth-order valence-electron chi connectivity index (χ4n) is 2.92. The molecule has 0 unspecified atom stereocenters. The number of carbonyl (C=O) groups is 1. The summed E-state index contributed by atoms with van der Waals surface area (Å²) in [5.41, 5.74) is 2.62. The Morgan fingerprint density at radius 2 is 2.00 bits per heavy atom. The van der Waals surface area contributed by atoms with Gasteiger partial charge in [-0.2, -0.15) is 0 Å². The Balaban J connectivity index is 1.74. The molecule has 1 amide bonds. The molecule has 5 heteroatoms. The number of aliphatic imine (C=N–C) groups is 1. The van der Waals surface area contributed by atoms with Crippen LogP contribution in [0.5, 0.6) is 0 Å². The maximum atomic E-state index is 12.4. The summed E-state index contributed by atoms with van der Waals surface area (Å²) in [7, 11) is 1.74. The first-order chi connectivity index (χ1) is 11.6. The summed E-state index contributed by atoms with van der Waals surface area (Å²) in [4.78, 5) is 18.5. The van der Waals surface area contributed by atoms with Gasteiger partial charge in [0.1, 0.15) is 0 Å². The van der Waals surface area contributed by atoms with Crippen LogP contribution in [-0.2, 0) is 17.8 Å². The van der Waals surface area contributed by atoms with Gasteiger partial charge in [-0.3, -0.25) is 9.79 Å². The van der Waals surface area contributed by atoms with Crippen molar-refractivity contribution in [1.82, 2.24) is 15.5 Å². The van der Waals surface area contributed by atoms with Crippen LogP contribution in [0, 0.1) is 5.92 Å². The molecule has 1 aromatic rings. The van der Waals surface area contributed by atoms with Gasteiger partial charge in [0.2, 0.25) is 5.91 Å². The highest BCUT2D eigenvalue weighted by molar-refractivity contribution is 5.86. The molecule has 132 valence electrons. The molecule has 1 heterocycles. The second-order valence-corrected chi connectivity index (χ2v) is 6.72. The van der Waals surface area contributed by atoms with E-state index >= 15 is 0 Å². The van der Waals surface area contributed by atoms with Gasteiger partial charge in [-0.15, -0.1) is 0 Å². The summed E-state index contributed by atoms with van der Waals surface area (Å²) >= 11 is 0. The third-order valence-electron chi connectivity index (χ3n) is 4.36. The molecule has 0 radical (unpaired) electrons. The summed E-state index contributed by atoms with van der Waals surface area (Å²) < 4.78 is 0. The lowest BCUT2D eigenvalue weighted by Gasteiger charge is -2.29. The van der Waals surface area contributed by atoms with Gasteiger partial charge in [-0.05, 0) is 36.3 Å². The Morgan fingerprint density at radius 1 is 1.25 bits per heavy atom. The number of nitrogens with zero attached hydrogens (tertiary/aromatic N) is 2. The Hall–Kier alpha value is -2.04. The minimum Gasteiger partial charge on any atom is -0.356 e. The van der Waals surface area contributed by atoms with E-state index < -0.39 is 0 Å². The van der Waals surface area contributed by atoms with Crippen molar-refractivity contribution in [2.24, 2.45) is 10.9 Å². The van der Waals surface area contributed by atoms with Gasteiger partial charge < -0.3 is 15.5 Å². The number of guanidine groups is 1. The number of benzene rings is 1. The summed E-state index contributed by atoms with van der Waals surface area (Å²) in [6.07, 6.45) is 3.23. The summed E-state index contributed by atoms with van der Waals surface area (Å²) in [6.45, 7) is 7.11. The third kappa shape index (κ3) is 5.55. The van der Waals surface area contributed by atoms with Gasteiger partial charge in [0.15, 0.2) is 5.96 Å². The van der Waals surface area contributed by atoms with Crippen molar-refractivity contribution in [2.75, 3.05) is 26.7 Å². The maximum Gasteiger partial charge on any atom is 0.242 e. The van der Waals surface area contributed by atoms with E-state index in [1.54, 1.807) is 7.05 Å². The molecule has 0 aromatic heterocycles. The van der Waals surface area contributed by atoms with E-state index in [9.17, 15) is 4.79 Å². The number of nitrogens with one attached hydrogen (secondary N) is 2. The predicted molar refractivity (Wildman–Crippen MR) is 99.0 cm³/mol. The van der Waals surface area contributed by atoms with Crippen molar-refractivity contribution in [1.29, 1.82) is 0 Å². The van der Waals surface area contributed by atoms with E-state index in [0.29, 0.717) is 18.4 Å². The number of rotatable bonds is 6. The van der Waals surface area contributed by atoms with E-state index in [4.69, 9.17) is 0 Å². The van der Waals surface area contributed by atoms with E-state index in [1.165, 1.54) is 17.5 Å². The highest BCUT2D eigenvalue weighted by Crippen LogP contribution is 2.18. The molecule has 1 aliphatic rings. The SMILES string of the molecule is CN=C(NCCCC(C)C)NCC(=O)N1CCc2ccccc2C1. The minimum absolute atomic E-state index is 0.120. The monoisotopic (exact) mass is 330 g/mol. The van der Waals surface area contributed by atoms with Gasteiger partial charge in [-0.25, -0.2) is 0 Å². The average Bonchev–Trinajstić information content (AvgIpc) is 2.60. The van der Waals surface area contributed by atoms with Crippen LogP contribution in [0.1, 0.15) is 37.8 Å². The molecule has 24 heavy (non-hydrogen) atoms. The van der Waals surface area contributed by atoms with Gasteiger partial charge in [0.05, 0.1) is 6.54 Å². The van der Waals surface area contributed by atoms with Gasteiger partial charge in [0, 0.05) is 26.7 Å². The number of carbonyl (C=O) groups excluding carboxylic acids is 1. The topological polar surface area (TPSA) is 56.7 Å². The number of amides is 1. The first-order valence-corrected chi connectivity index (χ1v) is 8.89. The Morgan fingerprint density at radius 3 is 2.71 bits per heavy atom. The van der Waals surface area contributed by atoms with Crippen molar-refractivity contribution in [3.8, 4) is 0 Å². The highest BCUT2D eigenvalue weighted by Gasteiger charge is 2.20. The van der Waals surface area contributed by atoms with Crippen LogP contribution < -0.4 is 10.6 Å². The van der Waals surface area contributed by atoms with Crippen LogP contribution in [0.3, 0.4) is 0 Å². The zero-order valence-corrected chi connectivity index (χ0v) is 15.1. The fraction of sp³-hybridized carbons (Fsp3) is 0.579. The first kappa shape index (κ1) is 18.3. The molecule has 1 aromatic carbocycles. The zero-order chi connectivity index (χ0) is 17.4. The molecule has 0 spiro atoms. The van der Waals surface area contributed by atoms with Crippen LogP contribution in [0.15, 0.2) is 29.3 Å². The molecule has 1 aliphatic heterocycles. The fourth-order valence-corrected chi connectivity index (χ4v) is 2.92. The molecule has 0 aliphatic carbocycles. The van der Waals surface area contributed by atoms with Crippen molar-refractivity contribution in [3.63, 3.8) is 0 Å². The molecular weight excluding hydrogens is 300 g/mol. The summed E-state index contributed by atoms with van der Waals surface area (Å²) in [5.74, 6) is 1.53. The lowest BCUT2D eigenvalue weighted by atomic mass is 10.00. The Bertz CT molecular complexity index is 568. The van der Waals surface area contributed by atoms with E-state index in [-0.39, 0.29) is 12.5 Å². The van der Waals surface area contributed by atoms with Crippen LogP contribution in [0.25, 0.3) is 0 Å². The highest BCUT2D eigenvalue weighted by atomic mass is 16.2. The molecule has 2 N–H and O–H groups in total. The van der Waals surface area contributed by atoms with Crippen molar-refractivity contribution >= 4 is 11.9 Å². The van der Waals surface area contributed by atoms with Crippen LogP contribution in [-0.4, -0.2) is 43.4 Å². The quantitative estimate of drug-likeness (QED) is 0.477. The third-order valence-corrected chi connectivity index (χ3v) is 4.36. The number of fused-ring (bicyclic) bond motifs is 1. The smallest absolute Gasteiger partial charge is 0.242 e. The average molecular weight is 330 g/mol. The van der Waals surface area contributed by atoms with Crippen LogP contribution in [0.2, 0.25) is 0 Å². The van der Waals surface area contributed by atoms with Gasteiger partial charge in [0.25, 0.3) is 0 Å². The second kappa shape index (κ2) is 9.30. The molecule has 0 bridgehead atoms. The molecular formula is C19H30N4O. The van der Waals surface area contributed by atoms with E-state index in [1.807, 2.05) is 11.0 Å². The number of hydrogen-bond donors (Lipinski definition) is 2. The standard InChI is InChI=1S/C19H30N4O/c1-15(2)7-6-11-21-19(20-3)22-13-18(24)23-12-10-16-8-4-5-9-17(16)14-23/h4-5,8-9,15H,6-7,10-14H2,1-3H3,(H2,20,21,22). The zero-order valence-electron chi connectivity index (χ0n) is 15.1. The normalized spacial score (nSPS) is 14.5. The molecule has 0 atom stereocenters. The summed E-state index contributed by atoms with van der Waals surface area (Å²) in [5, 5.41) is 6.39. The number of hydrogen-bond acceptors (Lipinski definition) is 2. The van der Waals surface area contributed by atoms with Crippen LogP contribution in [0.4, 0.5) is 0 Å². The van der Waals surface area contributed by atoms with E-state index in [0.717, 1.165) is 25.9 Å². The predicted octanol–water partition coefficient (Wildman–Crippen LogP) is 2.17. The van der Waals surface area contributed by atoms with Gasteiger partial charge >= 0.3 is 0 Å².